The van der Waals surface area contributed by atoms with Crippen molar-refractivity contribution in [3.05, 3.63) is 0 Å². The smallest absolute Gasteiger partial charge is 0.351 e. The summed E-state index contributed by atoms with van der Waals surface area (Å²) in [5.74, 6) is -59.7. The van der Waals surface area contributed by atoms with Crippen molar-refractivity contribution in [1.29, 1.82) is 0 Å². The van der Waals surface area contributed by atoms with Gasteiger partial charge in [-0.25, -0.2) is 8.78 Å². The van der Waals surface area contributed by atoms with Gasteiger partial charge in [0.1, 0.15) is 0 Å². The second kappa shape index (κ2) is 8.61. The van der Waals surface area contributed by atoms with Crippen LogP contribution in [0.5, 0.6) is 0 Å². The molecule has 192 valence electrons. The number of amides is 1. The Labute approximate surface area is 168 Å². The molecular weight excluding hydrogens is 502 g/mol. The highest BCUT2D eigenvalue weighted by molar-refractivity contribution is 5.84. The van der Waals surface area contributed by atoms with Crippen molar-refractivity contribution in [2.24, 2.45) is 5.92 Å². The van der Waals surface area contributed by atoms with Gasteiger partial charge in [-0.3, -0.25) is 4.79 Å². The number of nitrogens with one attached hydrogen (secondary N) is 1. The van der Waals surface area contributed by atoms with Gasteiger partial charge in [0.2, 0.25) is 0 Å². The number of rotatable bonds is 11. The zero-order chi connectivity index (χ0) is 26.4. The lowest BCUT2D eigenvalue weighted by Gasteiger charge is -2.42. The summed E-state index contributed by atoms with van der Waals surface area (Å²) in [5, 5.41) is 0.890. The minimum atomic E-state index is -8.51. The summed E-state index contributed by atoms with van der Waals surface area (Å²) < 4.78 is 210. The van der Waals surface area contributed by atoms with Gasteiger partial charge >= 0.3 is 47.9 Å². The second-order valence-electron chi connectivity index (χ2n) is 6.81. The molecule has 18 heteroatoms. The van der Waals surface area contributed by atoms with E-state index in [1.165, 1.54) is 13.8 Å². The van der Waals surface area contributed by atoms with Gasteiger partial charge in [0.15, 0.2) is 0 Å². The van der Waals surface area contributed by atoms with Crippen LogP contribution in [0.25, 0.3) is 0 Å². The van der Waals surface area contributed by atoms with Crippen molar-refractivity contribution in [1.82, 2.24) is 5.32 Å². The molecule has 0 aliphatic heterocycles. The number of alkyl halides is 16. The molecule has 0 saturated carbocycles. The first-order valence-electron chi connectivity index (χ1n) is 7.99. The zero-order valence-corrected chi connectivity index (χ0v) is 15.5. The van der Waals surface area contributed by atoms with Crippen LogP contribution in [-0.2, 0) is 4.79 Å². The average molecular weight is 515 g/mol. The molecule has 0 radical (unpaired) electrons. The van der Waals surface area contributed by atoms with Crippen molar-refractivity contribution in [2.75, 3.05) is 6.54 Å². The predicted octanol–water partition coefficient (Wildman–Crippen LogP) is 5.86. The Bertz CT molecular complexity index is 672. The highest BCUT2D eigenvalue weighted by Gasteiger charge is 2.94. The van der Waals surface area contributed by atoms with E-state index in [1.807, 2.05) is 0 Å². The molecular formula is C14H13F16NO. The molecule has 0 atom stereocenters. The first-order valence-corrected chi connectivity index (χ1v) is 7.99. The third kappa shape index (κ3) is 4.28. The van der Waals surface area contributed by atoms with Gasteiger partial charge in [-0.15, -0.1) is 0 Å². The summed E-state index contributed by atoms with van der Waals surface area (Å²) in [4.78, 5) is 11.1. The number of hydrogen-bond donors (Lipinski definition) is 1. The molecule has 2 nitrogen and oxygen atoms in total. The highest BCUT2D eigenvalue weighted by Crippen LogP contribution is 2.62. The van der Waals surface area contributed by atoms with Crippen LogP contribution in [0.3, 0.4) is 0 Å². The maximum Gasteiger partial charge on any atom is 0.392 e. The lowest BCUT2D eigenvalue weighted by molar-refractivity contribution is -0.443. The normalized spacial score (nSPS) is 15.5. The summed E-state index contributed by atoms with van der Waals surface area (Å²) in [6.45, 7) is 1.81. The monoisotopic (exact) mass is 515 g/mol. The van der Waals surface area contributed by atoms with Crippen LogP contribution in [0.4, 0.5) is 70.2 Å². The molecule has 0 fully saturated rings. The third-order valence-corrected chi connectivity index (χ3v) is 3.96. The van der Waals surface area contributed by atoms with E-state index in [4.69, 9.17) is 0 Å². The average Bonchev–Trinajstić information content (AvgIpc) is 2.59. The molecule has 0 aliphatic carbocycles. The Morgan fingerprint density at radius 1 is 0.656 bits per heavy atom. The molecule has 0 aromatic rings. The van der Waals surface area contributed by atoms with E-state index in [2.05, 4.69) is 0 Å². The van der Waals surface area contributed by atoms with E-state index in [1.54, 1.807) is 0 Å². The predicted molar refractivity (Wildman–Crippen MR) is 73.1 cm³/mol. The van der Waals surface area contributed by atoms with E-state index < -0.39 is 66.3 Å². The number of carbonyl (C=O) groups is 1. The van der Waals surface area contributed by atoms with Crippen LogP contribution in [-0.4, -0.2) is 60.3 Å². The lowest BCUT2D eigenvalue weighted by Crippen LogP contribution is -2.74. The molecule has 0 spiro atoms. The van der Waals surface area contributed by atoms with Gasteiger partial charge < -0.3 is 5.32 Å². The zero-order valence-electron chi connectivity index (χ0n) is 15.5. The summed E-state index contributed by atoms with van der Waals surface area (Å²) in [6, 6.07) is 0. The summed E-state index contributed by atoms with van der Waals surface area (Å²) in [6.07, 6.45) is -6.17. The molecule has 0 bridgehead atoms. The SMILES string of the molecule is CC(C)CCNC(=O)C(F)(F)C(F)(F)C(F)(F)C(F)(F)C(F)(F)C(F)(F)C(F)(F)C(F)F. The van der Waals surface area contributed by atoms with Gasteiger partial charge in [-0.05, 0) is 12.3 Å². The van der Waals surface area contributed by atoms with Crippen molar-refractivity contribution in [2.45, 2.75) is 68.2 Å². The Balaban J connectivity index is 6.40. The largest absolute Gasteiger partial charge is 0.392 e. The molecule has 0 heterocycles. The molecule has 1 N–H and O–H groups in total. The van der Waals surface area contributed by atoms with Crippen molar-refractivity contribution < 1.29 is 75.0 Å². The molecule has 32 heavy (non-hydrogen) atoms. The highest BCUT2D eigenvalue weighted by atomic mass is 19.4. The van der Waals surface area contributed by atoms with E-state index in [-0.39, 0.29) is 6.42 Å². The summed E-state index contributed by atoms with van der Waals surface area (Å²) >= 11 is 0. The molecule has 0 rings (SSSR count). The molecule has 0 saturated heterocycles. The van der Waals surface area contributed by atoms with E-state index in [0.717, 1.165) is 5.32 Å². The van der Waals surface area contributed by atoms with Gasteiger partial charge in [0.05, 0.1) is 0 Å². The Morgan fingerprint density at radius 3 is 1.34 bits per heavy atom. The molecule has 1 amide bonds. The van der Waals surface area contributed by atoms with Crippen LogP contribution in [0.2, 0.25) is 0 Å². The Hall–Kier alpha value is -1.65. The van der Waals surface area contributed by atoms with Crippen molar-refractivity contribution >= 4 is 5.91 Å². The van der Waals surface area contributed by atoms with Gasteiger partial charge in [-0.2, -0.15) is 61.5 Å². The maximum atomic E-state index is 13.5. The van der Waals surface area contributed by atoms with Crippen LogP contribution in [0.15, 0.2) is 0 Å². The quantitative estimate of drug-likeness (QED) is 0.344. The first kappa shape index (κ1) is 30.3. The number of carbonyl (C=O) groups excluding carboxylic acids is 1. The molecule has 0 aliphatic rings. The second-order valence-corrected chi connectivity index (χ2v) is 6.81. The minimum Gasteiger partial charge on any atom is -0.351 e. The van der Waals surface area contributed by atoms with Crippen LogP contribution >= 0.6 is 0 Å². The van der Waals surface area contributed by atoms with Crippen LogP contribution in [0.1, 0.15) is 20.3 Å². The van der Waals surface area contributed by atoms with E-state index >= 15 is 0 Å². The third-order valence-electron chi connectivity index (χ3n) is 3.96. The summed E-state index contributed by atoms with van der Waals surface area (Å²) in [5.41, 5.74) is 0. The summed E-state index contributed by atoms with van der Waals surface area (Å²) in [7, 11) is 0. The lowest BCUT2D eigenvalue weighted by atomic mass is 9.89. The van der Waals surface area contributed by atoms with E-state index in [9.17, 15) is 75.0 Å². The maximum absolute atomic E-state index is 13.5. The molecule has 0 unspecified atom stereocenters. The Kier molecular flexibility index (Phi) is 8.16. The van der Waals surface area contributed by atoms with Crippen molar-refractivity contribution in [3.8, 4) is 0 Å². The topological polar surface area (TPSA) is 29.1 Å². The molecule has 0 aromatic carbocycles. The van der Waals surface area contributed by atoms with Crippen molar-refractivity contribution in [3.63, 3.8) is 0 Å². The van der Waals surface area contributed by atoms with Crippen LogP contribution < -0.4 is 5.32 Å². The van der Waals surface area contributed by atoms with E-state index in [0.29, 0.717) is 0 Å². The fourth-order valence-corrected chi connectivity index (χ4v) is 1.86. The standard InChI is InChI=1S/C14H13F16NO/c1-5(2)3-4-31-7(32)9(19,20)11(23,24)13(27,28)14(29,30)12(25,26)10(21,22)8(17,18)6(15)16/h5-6H,3-4H2,1-2H3,(H,31,32). The van der Waals surface area contributed by atoms with Gasteiger partial charge in [0.25, 0.3) is 5.91 Å². The number of hydrogen-bond acceptors (Lipinski definition) is 1. The van der Waals surface area contributed by atoms with Gasteiger partial charge in [0, 0.05) is 6.54 Å². The fourth-order valence-electron chi connectivity index (χ4n) is 1.86. The minimum absolute atomic E-state index is 0.271. The number of halogens is 16. The van der Waals surface area contributed by atoms with Gasteiger partial charge in [-0.1, -0.05) is 13.8 Å². The van der Waals surface area contributed by atoms with Crippen LogP contribution in [0, 0.1) is 5.92 Å². The fraction of sp³-hybridized carbons (Fsp3) is 0.929. The first-order chi connectivity index (χ1) is 13.8. The molecule has 0 aromatic heterocycles. The Morgan fingerprint density at radius 2 is 1.00 bits per heavy atom.